The number of halogens is 3. The summed E-state index contributed by atoms with van der Waals surface area (Å²) >= 11 is 2.87. The molecule has 1 atom stereocenters. The number of hydrogen-bond acceptors (Lipinski definition) is 2. The Balaban J connectivity index is 2.12. The Hall–Kier alpha value is -1.01. The van der Waals surface area contributed by atoms with Crippen molar-refractivity contribution in [2.45, 2.75) is 6.42 Å². The van der Waals surface area contributed by atoms with Gasteiger partial charge in [-0.25, -0.2) is 8.78 Å². The molecule has 0 saturated carbocycles. The Morgan fingerprint density at radius 1 is 1.41 bits per heavy atom. The highest BCUT2D eigenvalue weighted by Gasteiger charge is 2.23. The molecule has 1 amide bonds. The number of rotatable bonds is 2. The van der Waals surface area contributed by atoms with Crippen LogP contribution in [0, 0.1) is 17.6 Å². The lowest BCUT2D eigenvalue weighted by molar-refractivity contribution is -0.119. The van der Waals surface area contributed by atoms with Gasteiger partial charge in [-0.05, 0) is 35.0 Å². The minimum atomic E-state index is -0.655. The third kappa shape index (κ3) is 2.81. The fraction of sp³-hybridized carbons (Fsp3) is 0.364. The van der Waals surface area contributed by atoms with Crippen LogP contribution in [0.4, 0.5) is 14.5 Å². The predicted molar refractivity (Wildman–Crippen MR) is 63.7 cm³/mol. The molecular weight excluding hydrogens is 294 g/mol. The Kier molecular flexibility index (Phi) is 3.73. The molecule has 1 fully saturated rings. The van der Waals surface area contributed by atoms with Crippen molar-refractivity contribution in [2.75, 3.05) is 18.4 Å². The number of carbonyl (C=O) groups excluding carboxylic acids is 1. The maximum absolute atomic E-state index is 13.5. The van der Waals surface area contributed by atoms with E-state index in [1.165, 1.54) is 0 Å². The van der Waals surface area contributed by atoms with Crippen LogP contribution in [0.5, 0.6) is 0 Å². The van der Waals surface area contributed by atoms with E-state index in [-0.39, 0.29) is 22.0 Å². The normalized spacial score (nSPS) is 19.4. The summed E-state index contributed by atoms with van der Waals surface area (Å²) in [5.41, 5.74) is -0.123. The first-order valence-electron chi connectivity index (χ1n) is 5.24. The zero-order chi connectivity index (χ0) is 12.4. The summed E-state index contributed by atoms with van der Waals surface area (Å²) in [5.74, 6) is -1.72. The molecule has 92 valence electrons. The van der Waals surface area contributed by atoms with Gasteiger partial charge in [0, 0.05) is 12.6 Å². The second-order valence-corrected chi connectivity index (χ2v) is 4.78. The van der Waals surface area contributed by atoms with Gasteiger partial charge >= 0.3 is 0 Å². The van der Waals surface area contributed by atoms with Crippen LogP contribution in [0.2, 0.25) is 0 Å². The Morgan fingerprint density at radius 2 is 2.18 bits per heavy atom. The first-order valence-corrected chi connectivity index (χ1v) is 6.03. The molecule has 0 spiro atoms. The van der Waals surface area contributed by atoms with Crippen LogP contribution < -0.4 is 10.6 Å². The van der Waals surface area contributed by atoms with Gasteiger partial charge in [-0.15, -0.1) is 0 Å². The highest BCUT2D eigenvalue weighted by Crippen LogP contribution is 2.24. The SMILES string of the molecule is O=C(Nc1cc(F)c(Br)cc1F)C1CCNC1. The second-order valence-electron chi connectivity index (χ2n) is 3.93. The lowest BCUT2D eigenvalue weighted by atomic mass is 10.1. The van der Waals surface area contributed by atoms with Crippen LogP contribution in [0.3, 0.4) is 0 Å². The summed E-state index contributed by atoms with van der Waals surface area (Å²) in [5, 5.41) is 5.44. The molecule has 1 heterocycles. The molecule has 0 aromatic heterocycles. The van der Waals surface area contributed by atoms with E-state index in [0.29, 0.717) is 13.0 Å². The molecule has 6 heteroatoms. The van der Waals surface area contributed by atoms with Crippen LogP contribution >= 0.6 is 15.9 Å². The molecule has 0 aliphatic carbocycles. The van der Waals surface area contributed by atoms with Crippen LogP contribution in [-0.4, -0.2) is 19.0 Å². The summed E-state index contributed by atoms with van der Waals surface area (Å²) in [4.78, 5) is 11.7. The van der Waals surface area contributed by atoms with Gasteiger partial charge in [-0.3, -0.25) is 4.79 Å². The van der Waals surface area contributed by atoms with Crippen LogP contribution in [-0.2, 0) is 4.79 Å². The van der Waals surface area contributed by atoms with E-state index in [4.69, 9.17) is 0 Å². The first kappa shape index (κ1) is 12.4. The van der Waals surface area contributed by atoms with Gasteiger partial charge in [0.1, 0.15) is 11.6 Å². The number of benzene rings is 1. The van der Waals surface area contributed by atoms with E-state index in [9.17, 15) is 13.6 Å². The Labute approximate surface area is 106 Å². The van der Waals surface area contributed by atoms with E-state index >= 15 is 0 Å². The van der Waals surface area contributed by atoms with E-state index in [1.807, 2.05) is 0 Å². The van der Waals surface area contributed by atoms with Crippen LogP contribution in [0.1, 0.15) is 6.42 Å². The molecule has 17 heavy (non-hydrogen) atoms. The van der Waals surface area contributed by atoms with Crippen molar-refractivity contribution in [3.8, 4) is 0 Å². The highest BCUT2D eigenvalue weighted by molar-refractivity contribution is 9.10. The lowest BCUT2D eigenvalue weighted by Crippen LogP contribution is -2.25. The molecule has 2 rings (SSSR count). The summed E-state index contributed by atoms with van der Waals surface area (Å²) in [6.45, 7) is 1.35. The fourth-order valence-corrected chi connectivity index (χ4v) is 2.05. The molecule has 1 aliphatic heterocycles. The predicted octanol–water partition coefficient (Wildman–Crippen LogP) is 2.28. The first-order chi connectivity index (χ1) is 8.08. The molecule has 1 aromatic carbocycles. The van der Waals surface area contributed by atoms with Gasteiger partial charge in [-0.1, -0.05) is 0 Å². The summed E-state index contributed by atoms with van der Waals surface area (Å²) < 4.78 is 26.7. The fourth-order valence-electron chi connectivity index (χ4n) is 1.73. The summed E-state index contributed by atoms with van der Waals surface area (Å²) in [6, 6.07) is 1.97. The summed E-state index contributed by atoms with van der Waals surface area (Å²) in [6.07, 6.45) is 0.715. The molecule has 0 bridgehead atoms. The number of nitrogens with one attached hydrogen (secondary N) is 2. The maximum atomic E-state index is 13.5. The highest BCUT2D eigenvalue weighted by atomic mass is 79.9. The summed E-state index contributed by atoms with van der Waals surface area (Å²) in [7, 11) is 0. The minimum absolute atomic E-state index is 0.0375. The van der Waals surface area contributed by atoms with Crippen molar-refractivity contribution in [3.63, 3.8) is 0 Å². The average molecular weight is 305 g/mol. The molecular formula is C11H11BrF2N2O. The largest absolute Gasteiger partial charge is 0.323 e. The van der Waals surface area contributed by atoms with Crippen molar-refractivity contribution in [1.82, 2.24) is 5.32 Å². The van der Waals surface area contributed by atoms with Gasteiger partial charge in [0.25, 0.3) is 0 Å². The second kappa shape index (κ2) is 5.10. The van der Waals surface area contributed by atoms with Gasteiger partial charge < -0.3 is 10.6 Å². The zero-order valence-corrected chi connectivity index (χ0v) is 10.5. The van der Waals surface area contributed by atoms with Crippen molar-refractivity contribution in [1.29, 1.82) is 0 Å². The van der Waals surface area contributed by atoms with E-state index in [0.717, 1.165) is 18.7 Å². The quantitative estimate of drug-likeness (QED) is 0.823. The minimum Gasteiger partial charge on any atom is -0.323 e. The third-order valence-corrected chi connectivity index (χ3v) is 3.31. The van der Waals surface area contributed by atoms with E-state index in [1.54, 1.807) is 0 Å². The van der Waals surface area contributed by atoms with Crippen LogP contribution in [0.15, 0.2) is 16.6 Å². The van der Waals surface area contributed by atoms with Gasteiger partial charge in [-0.2, -0.15) is 0 Å². The topological polar surface area (TPSA) is 41.1 Å². The monoisotopic (exact) mass is 304 g/mol. The number of anilines is 1. The average Bonchev–Trinajstić information content (AvgIpc) is 2.79. The van der Waals surface area contributed by atoms with E-state index < -0.39 is 11.6 Å². The van der Waals surface area contributed by atoms with E-state index in [2.05, 4.69) is 26.6 Å². The molecule has 0 radical (unpaired) electrons. The zero-order valence-electron chi connectivity index (χ0n) is 8.90. The number of carbonyl (C=O) groups is 1. The van der Waals surface area contributed by atoms with Crippen molar-refractivity contribution < 1.29 is 13.6 Å². The number of amides is 1. The Morgan fingerprint density at radius 3 is 2.82 bits per heavy atom. The van der Waals surface area contributed by atoms with Crippen molar-refractivity contribution in [2.24, 2.45) is 5.92 Å². The molecule has 1 aliphatic rings. The molecule has 3 nitrogen and oxygen atoms in total. The van der Waals surface area contributed by atoms with Gasteiger partial charge in [0.2, 0.25) is 5.91 Å². The third-order valence-electron chi connectivity index (χ3n) is 2.70. The molecule has 1 aromatic rings. The van der Waals surface area contributed by atoms with Gasteiger partial charge in [0.05, 0.1) is 16.1 Å². The van der Waals surface area contributed by atoms with Crippen molar-refractivity contribution in [3.05, 3.63) is 28.2 Å². The van der Waals surface area contributed by atoms with Crippen molar-refractivity contribution >= 4 is 27.5 Å². The standard InChI is InChI=1S/C11H11BrF2N2O/c12-7-3-9(14)10(4-8(7)13)16-11(17)6-1-2-15-5-6/h3-4,6,15H,1-2,5H2,(H,16,17). The lowest BCUT2D eigenvalue weighted by Gasteiger charge is -2.11. The smallest absolute Gasteiger partial charge is 0.228 e. The Bertz CT molecular complexity index is 447. The molecule has 1 unspecified atom stereocenters. The number of hydrogen-bond donors (Lipinski definition) is 2. The molecule has 1 saturated heterocycles. The van der Waals surface area contributed by atoms with Crippen LogP contribution in [0.25, 0.3) is 0 Å². The van der Waals surface area contributed by atoms with Gasteiger partial charge in [0.15, 0.2) is 0 Å². The molecule has 2 N–H and O–H groups in total. The maximum Gasteiger partial charge on any atom is 0.228 e.